The van der Waals surface area contributed by atoms with Crippen molar-refractivity contribution in [2.24, 2.45) is 5.92 Å². The van der Waals surface area contributed by atoms with Crippen LogP contribution in [0.25, 0.3) is 11.3 Å². The van der Waals surface area contributed by atoms with Crippen molar-refractivity contribution in [2.75, 3.05) is 19.7 Å². The third-order valence-corrected chi connectivity index (χ3v) is 5.24. The number of likely N-dealkylation sites (tertiary alicyclic amines) is 1. The Balaban J connectivity index is 1.47. The van der Waals surface area contributed by atoms with Gasteiger partial charge in [0.05, 0.1) is 19.4 Å². The van der Waals surface area contributed by atoms with E-state index in [1.165, 1.54) is 4.90 Å². The number of alkyl halides is 2. The van der Waals surface area contributed by atoms with Crippen molar-refractivity contribution < 1.29 is 22.7 Å². The molecule has 0 radical (unpaired) electrons. The van der Waals surface area contributed by atoms with Crippen molar-refractivity contribution in [2.45, 2.75) is 12.3 Å². The monoisotopic (exact) mass is 431 g/mol. The van der Waals surface area contributed by atoms with Crippen LogP contribution < -0.4 is 4.74 Å². The summed E-state index contributed by atoms with van der Waals surface area (Å²) in [7, 11) is 0. The van der Waals surface area contributed by atoms with E-state index in [0.717, 1.165) is 5.56 Å². The molecule has 1 aliphatic heterocycles. The van der Waals surface area contributed by atoms with Crippen LogP contribution in [0.3, 0.4) is 0 Å². The largest absolute Gasteiger partial charge is 0.493 e. The smallest absolute Gasteiger partial charge is 0.265 e. The molecule has 3 aromatic rings. The number of ether oxygens (including phenoxy) is 1. The van der Waals surface area contributed by atoms with E-state index < -0.39 is 24.3 Å². The van der Waals surface area contributed by atoms with Crippen molar-refractivity contribution in [1.82, 2.24) is 4.90 Å². The normalized spacial score (nSPS) is 18.2. The molecule has 1 amide bonds. The molecule has 1 atom stereocenters. The van der Waals surface area contributed by atoms with Gasteiger partial charge in [0.2, 0.25) is 0 Å². The summed E-state index contributed by atoms with van der Waals surface area (Å²) in [6.45, 7) is -0.311. The molecule has 2 aromatic carbocycles. The number of carbonyl (C=O) groups is 1. The quantitative estimate of drug-likeness (QED) is 0.514. The molecule has 1 unspecified atom stereocenters. The molecule has 0 saturated carbocycles. The minimum Gasteiger partial charge on any atom is -0.493 e. The summed E-state index contributed by atoms with van der Waals surface area (Å²) in [5, 5.41) is 0.570. The Bertz CT molecular complexity index is 1010. The highest BCUT2D eigenvalue weighted by Gasteiger charge is 2.42. The molecule has 4 rings (SSSR count). The van der Waals surface area contributed by atoms with Crippen molar-refractivity contribution in [1.29, 1.82) is 0 Å². The lowest BCUT2D eigenvalue weighted by Gasteiger charge is -2.37. The van der Waals surface area contributed by atoms with Gasteiger partial charge in [-0.3, -0.25) is 4.79 Å². The maximum Gasteiger partial charge on any atom is 0.265 e. The molecule has 1 saturated heterocycles. The SMILES string of the molecule is O=C(c1cccc(-c2ccco2)c1)N1CC(COc2ccc(Cl)cc2)CC(F)(F)C1. The molecule has 1 aromatic heterocycles. The van der Waals surface area contributed by atoms with E-state index in [2.05, 4.69) is 0 Å². The number of hydrogen-bond acceptors (Lipinski definition) is 3. The molecule has 0 bridgehead atoms. The van der Waals surface area contributed by atoms with Gasteiger partial charge in [-0.2, -0.15) is 0 Å². The Hall–Kier alpha value is -2.86. The van der Waals surface area contributed by atoms with Gasteiger partial charge < -0.3 is 14.1 Å². The van der Waals surface area contributed by atoms with Crippen molar-refractivity contribution in [3.8, 4) is 17.1 Å². The number of rotatable bonds is 5. The number of carbonyl (C=O) groups excluding carboxylic acids is 1. The first-order valence-electron chi connectivity index (χ1n) is 9.59. The van der Waals surface area contributed by atoms with Crippen LogP contribution in [0, 0.1) is 5.92 Å². The van der Waals surface area contributed by atoms with Gasteiger partial charge in [0, 0.05) is 35.0 Å². The number of furan rings is 1. The van der Waals surface area contributed by atoms with Crippen LogP contribution >= 0.6 is 11.6 Å². The summed E-state index contributed by atoms with van der Waals surface area (Å²) in [6.07, 6.45) is 1.22. The molecule has 0 N–H and O–H groups in total. The van der Waals surface area contributed by atoms with Gasteiger partial charge >= 0.3 is 0 Å². The molecule has 0 spiro atoms. The van der Waals surface area contributed by atoms with E-state index in [1.54, 1.807) is 60.9 Å². The summed E-state index contributed by atoms with van der Waals surface area (Å²) >= 11 is 5.85. The second-order valence-corrected chi connectivity index (χ2v) is 7.87. The van der Waals surface area contributed by atoms with E-state index in [1.807, 2.05) is 6.07 Å². The van der Waals surface area contributed by atoms with Crippen LogP contribution in [0.5, 0.6) is 5.75 Å². The highest BCUT2D eigenvalue weighted by atomic mass is 35.5. The molecule has 30 heavy (non-hydrogen) atoms. The number of amides is 1. The molecule has 7 heteroatoms. The second kappa shape index (κ2) is 8.48. The van der Waals surface area contributed by atoms with E-state index in [9.17, 15) is 13.6 Å². The van der Waals surface area contributed by atoms with Gasteiger partial charge in [0.25, 0.3) is 11.8 Å². The first-order chi connectivity index (χ1) is 14.4. The number of nitrogens with zero attached hydrogens (tertiary/aromatic N) is 1. The summed E-state index contributed by atoms with van der Waals surface area (Å²) in [4.78, 5) is 14.2. The molecule has 4 nitrogen and oxygen atoms in total. The molecular formula is C23H20ClF2NO3. The van der Waals surface area contributed by atoms with Crippen LogP contribution in [-0.4, -0.2) is 36.4 Å². The molecule has 0 aliphatic carbocycles. The molecular weight excluding hydrogens is 412 g/mol. The predicted octanol–water partition coefficient (Wildman–Crippen LogP) is 5.78. The molecule has 2 heterocycles. The maximum atomic E-state index is 14.4. The fourth-order valence-corrected chi connectivity index (χ4v) is 3.78. The number of piperidine rings is 1. The average molecular weight is 432 g/mol. The van der Waals surface area contributed by atoms with Crippen LogP contribution in [0.1, 0.15) is 16.8 Å². The third kappa shape index (κ3) is 4.82. The lowest BCUT2D eigenvalue weighted by molar-refractivity contribution is -0.0810. The Labute approximate surface area is 178 Å². The predicted molar refractivity (Wildman–Crippen MR) is 110 cm³/mol. The molecule has 1 fully saturated rings. The summed E-state index contributed by atoms with van der Waals surface area (Å²) in [5.41, 5.74) is 1.07. The van der Waals surface area contributed by atoms with Gasteiger partial charge in [-0.05, 0) is 48.5 Å². The fourth-order valence-electron chi connectivity index (χ4n) is 3.65. The average Bonchev–Trinajstić information content (AvgIpc) is 3.27. The number of benzene rings is 2. The van der Waals surface area contributed by atoms with Crippen molar-refractivity contribution >= 4 is 17.5 Å². The van der Waals surface area contributed by atoms with Gasteiger partial charge in [0.1, 0.15) is 11.5 Å². The first-order valence-corrected chi connectivity index (χ1v) is 9.97. The zero-order chi connectivity index (χ0) is 21.1. The maximum absolute atomic E-state index is 14.4. The minimum atomic E-state index is -2.97. The van der Waals surface area contributed by atoms with E-state index in [-0.39, 0.29) is 19.6 Å². The lowest BCUT2D eigenvalue weighted by atomic mass is 9.95. The Kier molecular flexibility index (Phi) is 5.77. The highest BCUT2D eigenvalue weighted by Crippen LogP contribution is 2.32. The van der Waals surface area contributed by atoms with E-state index in [4.69, 9.17) is 20.8 Å². The van der Waals surface area contributed by atoms with Crippen molar-refractivity contribution in [3.05, 3.63) is 77.5 Å². The van der Waals surface area contributed by atoms with Crippen molar-refractivity contribution in [3.63, 3.8) is 0 Å². The molecule has 156 valence electrons. The number of halogens is 3. The van der Waals surface area contributed by atoms with Crippen LogP contribution in [0.4, 0.5) is 8.78 Å². The fraction of sp³-hybridized carbons (Fsp3) is 0.261. The lowest BCUT2D eigenvalue weighted by Crippen LogP contribution is -2.50. The second-order valence-electron chi connectivity index (χ2n) is 7.43. The van der Waals surface area contributed by atoms with Crippen LogP contribution in [-0.2, 0) is 0 Å². The zero-order valence-corrected chi connectivity index (χ0v) is 16.8. The van der Waals surface area contributed by atoms with Gasteiger partial charge in [-0.15, -0.1) is 0 Å². The third-order valence-electron chi connectivity index (χ3n) is 4.99. The van der Waals surface area contributed by atoms with Crippen LogP contribution in [0.2, 0.25) is 5.02 Å². The van der Waals surface area contributed by atoms with E-state index >= 15 is 0 Å². The van der Waals surface area contributed by atoms with Gasteiger partial charge in [-0.25, -0.2) is 8.78 Å². The van der Waals surface area contributed by atoms with Gasteiger partial charge in [0.15, 0.2) is 0 Å². The first kappa shape index (κ1) is 20.4. The topological polar surface area (TPSA) is 42.7 Å². The Morgan fingerprint density at radius 1 is 1.17 bits per heavy atom. The molecule has 1 aliphatic rings. The Morgan fingerprint density at radius 3 is 2.70 bits per heavy atom. The van der Waals surface area contributed by atoms with Gasteiger partial charge in [-0.1, -0.05) is 23.7 Å². The summed E-state index contributed by atoms with van der Waals surface area (Å²) in [5.74, 6) is -2.72. The summed E-state index contributed by atoms with van der Waals surface area (Å²) in [6, 6.07) is 17.1. The number of hydrogen-bond donors (Lipinski definition) is 0. The highest BCUT2D eigenvalue weighted by molar-refractivity contribution is 6.30. The Morgan fingerprint density at radius 2 is 1.97 bits per heavy atom. The zero-order valence-electron chi connectivity index (χ0n) is 16.1. The van der Waals surface area contributed by atoms with Crippen LogP contribution in [0.15, 0.2) is 71.3 Å². The summed E-state index contributed by atoms with van der Waals surface area (Å²) < 4.78 is 39.8. The standard InChI is InChI=1S/C23H20ClF2NO3/c24-19-6-8-20(9-7-19)30-14-16-12-23(25,26)15-27(13-16)22(28)18-4-1-3-17(11-18)21-5-2-10-29-21/h1-11,16H,12-15H2. The van der Waals surface area contributed by atoms with E-state index in [0.29, 0.717) is 22.1 Å². The minimum absolute atomic E-state index is 0.0907.